The van der Waals surface area contributed by atoms with Crippen molar-refractivity contribution in [3.63, 3.8) is 0 Å². The fraction of sp³-hybridized carbons (Fsp3) is 0.536. The number of thioether (sulfide) groups is 1. The van der Waals surface area contributed by atoms with Gasteiger partial charge in [0, 0.05) is 28.8 Å². The molecule has 7 nitrogen and oxygen atoms in total. The van der Waals surface area contributed by atoms with Gasteiger partial charge in [-0.25, -0.2) is 13.8 Å². The van der Waals surface area contributed by atoms with Gasteiger partial charge in [-0.1, -0.05) is 38.6 Å². The average Bonchev–Trinajstić information content (AvgIpc) is 3.66. The van der Waals surface area contributed by atoms with Gasteiger partial charge in [-0.2, -0.15) is 0 Å². The quantitative estimate of drug-likeness (QED) is 0.156. The number of hydrogen-bond acceptors (Lipinski definition) is 5. The van der Waals surface area contributed by atoms with Gasteiger partial charge >= 0.3 is 0 Å². The highest BCUT2D eigenvalue weighted by Gasteiger charge is 2.45. The summed E-state index contributed by atoms with van der Waals surface area (Å²) < 4.78 is 33.2. The Kier molecular flexibility index (Phi) is 8.02. The highest BCUT2D eigenvalue weighted by Crippen LogP contribution is 2.46. The molecule has 206 valence electrons. The lowest BCUT2D eigenvalue weighted by Gasteiger charge is -2.30. The molecule has 2 aliphatic carbocycles. The highest BCUT2D eigenvalue weighted by atomic mass is 32.2. The number of H-pyrrole nitrogens is 3. The van der Waals surface area contributed by atoms with Gasteiger partial charge < -0.3 is 25.2 Å². The molecule has 0 spiro atoms. The van der Waals surface area contributed by atoms with E-state index in [1.54, 1.807) is 17.8 Å². The van der Waals surface area contributed by atoms with Gasteiger partial charge in [0.05, 0.1) is 25.0 Å². The van der Waals surface area contributed by atoms with Crippen molar-refractivity contribution in [3.8, 4) is 11.4 Å². The van der Waals surface area contributed by atoms with E-state index < -0.39 is 11.6 Å². The van der Waals surface area contributed by atoms with Crippen LogP contribution in [0.4, 0.5) is 14.6 Å². The number of ether oxygens (including phenoxy) is 1. The molecule has 38 heavy (non-hydrogen) atoms. The molecule has 2 heterocycles. The number of rotatable bonds is 10. The van der Waals surface area contributed by atoms with Crippen LogP contribution in [-0.4, -0.2) is 56.4 Å². The Morgan fingerprint density at radius 2 is 2.05 bits per heavy atom. The zero-order chi connectivity index (χ0) is 26.9. The Morgan fingerprint density at radius 1 is 1.21 bits per heavy atom. The maximum absolute atomic E-state index is 13.8. The van der Waals surface area contributed by atoms with Crippen molar-refractivity contribution >= 4 is 17.6 Å². The minimum Gasteiger partial charge on any atom is -0.394 e. The first-order valence-corrected chi connectivity index (χ1v) is 14.4. The first kappa shape index (κ1) is 27.0. The predicted octanol–water partition coefficient (Wildman–Crippen LogP) is 6.11. The van der Waals surface area contributed by atoms with E-state index >= 15 is 0 Å². The van der Waals surface area contributed by atoms with Crippen LogP contribution in [0.5, 0.6) is 0 Å². The molecule has 0 radical (unpaired) electrons. The van der Waals surface area contributed by atoms with Gasteiger partial charge in [-0.05, 0) is 61.4 Å². The molecule has 5 unspecified atom stereocenters. The second-order valence-electron chi connectivity index (χ2n) is 10.7. The maximum Gasteiger partial charge on any atom is 0.167 e. The molecule has 0 bridgehead atoms. The van der Waals surface area contributed by atoms with Crippen molar-refractivity contribution in [3.05, 3.63) is 53.2 Å². The van der Waals surface area contributed by atoms with Crippen molar-refractivity contribution in [2.45, 2.75) is 75.1 Å². The van der Waals surface area contributed by atoms with Gasteiger partial charge in [0.2, 0.25) is 0 Å². The van der Waals surface area contributed by atoms with Crippen molar-refractivity contribution < 1.29 is 18.6 Å². The number of anilines is 1. The molecule has 10 heteroatoms. The van der Waals surface area contributed by atoms with E-state index in [1.807, 2.05) is 0 Å². The summed E-state index contributed by atoms with van der Waals surface area (Å²) in [6.07, 6.45) is 3.87. The molecule has 2 fully saturated rings. The first-order chi connectivity index (χ1) is 18.3. The molecule has 5 rings (SSSR count). The lowest BCUT2D eigenvalue weighted by atomic mass is 9.77. The third-order valence-electron chi connectivity index (χ3n) is 8.18. The minimum atomic E-state index is -0.826. The van der Waals surface area contributed by atoms with E-state index in [1.165, 1.54) is 12.1 Å². The molecular formula is C28H37F2N5O2S. The molecule has 2 saturated carbocycles. The largest absolute Gasteiger partial charge is 0.394 e. The number of aliphatic hydroxyl groups is 1. The summed E-state index contributed by atoms with van der Waals surface area (Å²) in [7, 11) is 0. The van der Waals surface area contributed by atoms with Crippen LogP contribution in [0.2, 0.25) is 0 Å². The van der Waals surface area contributed by atoms with E-state index in [9.17, 15) is 13.9 Å². The molecule has 2 aliphatic heterocycles. The highest BCUT2D eigenvalue weighted by molar-refractivity contribution is 7.99. The van der Waals surface area contributed by atoms with Crippen LogP contribution in [0.15, 0.2) is 35.5 Å². The minimum absolute atomic E-state index is 0.0282. The Labute approximate surface area is 226 Å². The summed E-state index contributed by atoms with van der Waals surface area (Å²) >= 11 is 1.67. The SMILES string of the molecule is CCCSc1nc(NC2CC2c2ccc(F)c(F)c2)c2[nH][nH]c(C3(C)CCC(OCCO)C3C)ccc-2[nH]1. The number of nitrogens with one attached hydrogen (secondary N) is 4. The summed E-state index contributed by atoms with van der Waals surface area (Å²) in [5, 5.41) is 20.4. The molecule has 0 aromatic heterocycles. The van der Waals surface area contributed by atoms with E-state index in [2.05, 4.69) is 53.4 Å². The number of halogens is 2. The number of hydrogen-bond donors (Lipinski definition) is 5. The van der Waals surface area contributed by atoms with Gasteiger partial charge in [-0.3, -0.25) is 5.10 Å². The maximum atomic E-state index is 13.8. The molecule has 1 aromatic carbocycles. The van der Waals surface area contributed by atoms with E-state index in [4.69, 9.17) is 9.72 Å². The molecule has 4 aliphatic rings. The number of aliphatic hydroxyl groups excluding tert-OH is 1. The van der Waals surface area contributed by atoms with Crippen LogP contribution in [0.25, 0.3) is 11.4 Å². The van der Waals surface area contributed by atoms with Crippen LogP contribution in [-0.2, 0) is 10.2 Å². The zero-order valence-corrected chi connectivity index (χ0v) is 22.9. The van der Waals surface area contributed by atoms with Gasteiger partial charge in [0.25, 0.3) is 0 Å². The average molecular weight is 546 g/mol. The normalized spacial score (nSPS) is 26.6. The topological polar surface area (TPSA) is 102 Å². The monoisotopic (exact) mass is 545 g/mol. The predicted molar refractivity (Wildman–Crippen MR) is 146 cm³/mol. The smallest absolute Gasteiger partial charge is 0.167 e. The molecule has 5 atom stereocenters. The summed E-state index contributed by atoms with van der Waals surface area (Å²) in [6.45, 7) is 6.99. The fourth-order valence-electron chi connectivity index (χ4n) is 5.57. The number of nitrogens with zero attached hydrogens (tertiary/aromatic N) is 1. The molecular weight excluding hydrogens is 508 g/mol. The third kappa shape index (κ3) is 5.44. The number of benzene rings is 1. The Balaban J connectivity index is 1.44. The van der Waals surface area contributed by atoms with Crippen LogP contribution in [0.1, 0.15) is 63.6 Å². The molecule has 5 N–H and O–H groups in total. The van der Waals surface area contributed by atoms with Crippen molar-refractivity contribution in [1.29, 1.82) is 0 Å². The number of aromatic amines is 3. The van der Waals surface area contributed by atoms with Gasteiger partial charge in [0.1, 0.15) is 5.69 Å². The number of aromatic nitrogens is 4. The van der Waals surface area contributed by atoms with Gasteiger partial charge in [0.15, 0.2) is 22.6 Å². The summed E-state index contributed by atoms with van der Waals surface area (Å²) in [6, 6.07) is 8.43. The Bertz CT molecular complexity index is 1270. The van der Waals surface area contributed by atoms with Crippen molar-refractivity contribution in [1.82, 2.24) is 20.2 Å². The van der Waals surface area contributed by atoms with Gasteiger partial charge in [-0.15, -0.1) is 0 Å². The zero-order valence-electron chi connectivity index (χ0n) is 22.1. The number of fused-ring (bicyclic) bond motifs is 1. The second kappa shape index (κ2) is 11.3. The lowest BCUT2D eigenvalue weighted by Crippen LogP contribution is -2.32. The molecule has 0 amide bonds. The first-order valence-electron chi connectivity index (χ1n) is 13.5. The molecule has 1 aromatic rings. The lowest BCUT2D eigenvalue weighted by molar-refractivity contribution is 0.00401. The van der Waals surface area contributed by atoms with Crippen LogP contribution >= 0.6 is 11.8 Å². The van der Waals surface area contributed by atoms with Crippen molar-refractivity contribution in [2.24, 2.45) is 5.92 Å². The Hall–Kier alpha value is -2.56. The summed E-state index contributed by atoms with van der Waals surface area (Å²) in [4.78, 5) is 8.35. The van der Waals surface area contributed by atoms with E-state index in [0.29, 0.717) is 6.61 Å². The van der Waals surface area contributed by atoms with E-state index in [-0.39, 0.29) is 36.0 Å². The van der Waals surface area contributed by atoms with Crippen LogP contribution < -0.4 is 5.32 Å². The fourth-order valence-corrected chi connectivity index (χ4v) is 6.30. The van der Waals surface area contributed by atoms with Crippen LogP contribution in [0.3, 0.4) is 0 Å². The van der Waals surface area contributed by atoms with Crippen molar-refractivity contribution in [2.75, 3.05) is 24.3 Å². The second-order valence-corrected chi connectivity index (χ2v) is 11.8. The van der Waals surface area contributed by atoms with Crippen LogP contribution in [0, 0.1) is 17.6 Å². The molecule has 0 saturated heterocycles. The summed E-state index contributed by atoms with van der Waals surface area (Å²) in [5.41, 5.74) is 3.47. The Morgan fingerprint density at radius 3 is 2.82 bits per heavy atom. The van der Waals surface area contributed by atoms with E-state index in [0.717, 1.165) is 65.1 Å². The standard InChI is InChI=1S/C28H37F2N5O2S/c1-4-13-38-27-32-21-7-8-24(28(3)10-9-23(16(28)2)37-12-11-36)34-35-25(21)26(33-27)31-22-15-18(22)17-5-6-19(29)20(30)14-17/h5-8,14,16,18,22-23,31,34-36H,4,9-13,15H2,1-3H3,(H,32,33). The third-order valence-corrected chi connectivity index (χ3v) is 9.26. The summed E-state index contributed by atoms with van der Waals surface area (Å²) in [5.74, 6) is 0.393.